The molecule has 1 aliphatic heterocycles. The standard InChI is InChI=1S/C42H84NO10P/c1-6-8-10-12-14-15-16-17-18-19-20-23-27-31-40(44)48-37-39(38-50-54(45,46)49-36-34-43(3,4)5)47-35-30-26-22-21-25-29-33-42-51-41(52-53-42)32-28-24-13-11-9-7-2/h39,41-42H,6-38H2,1-5H3/t39-,41?,42?/m1/s1. The van der Waals surface area contributed by atoms with Gasteiger partial charge in [-0.1, -0.05) is 149 Å². The van der Waals surface area contributed by atoms with Crippen molar-refractivity contribution in [3.8, 4) is 0 Å². The third-order valence-electron chi connectivity index (χ3n) is 9.90. The SMILES string of the molecule is CCCCCCCCCCCCCCCC(=O)OC[C@H](COP(=O)([O-])OCC[N+](C)(C)C)OCCCCCCCCC1OOC(CCCCCCCC)O1. The van der Waals surface area contributed by atoms with E-state index in [-0.39, 0.29) is 38.4 Å². The zero-order chi connectivity index (χ0) is 39.6. The fraction of sp³-hybridized carbons (Fsp3) is 0.976. The Bertz CT molecular complexity index is 905. The summed E-state index contributed by atoms with van der Waals surface area (Å²) in [4.78, 5) is 35.6. The Hall–Kier alpha value is -0.620. The number of ether oxygens (including phenoxy) is 3. The van der Waals surface area contributed by atoms with Gasteiger partial charge in [-0.3, -0.25) is 9.36 Å². The molecule has 1 aliphatic rings. The third kappa shape index (κ3) is 33.5. The maximum absolute atomic E-state index is 12.5. The minimum Gasteiger partial charge on any atom is -0.756 e. The molecule has 1 saturated heterocycles. The van der Waals surface area contributed by atoms with Gasteiger partial charge in [0, 0.05) is 25.9 Å². The van der Waals surface area contributed by atoms with E-state index in [2.05, 4.69) is 13.8 Å². The quantitative estimate of drug-likeness (QED) is 0.0195. The smallest absolute Gasteiger partial charge is 0.305 e. The minimum absolute atomic E-state index is 0.0260. The minimum atomic E-state index is -4.51. The number of likely N-dealkylation sites (N-methyl/N-ethyl adjacent to an activating group) is 1. The van der Waals surface area contributed by atoms with Crippen molar-refractivity contribution >= 4 is 13.8 Å². The molecule has 0 aliphatic carbocycles. The summed E-state index contributed by atoms with van der Waals surface area (Å²) in [5.41, 5.74) is 0. The number of unbranched alkanes of at least 4 members (excludes halogenated alkanes) is 22. The van der Waals surface area contributed by atoms with Gasteiger partial charge in [-0.05, 0) is 25.7 Å². The predicted octanol–water partition coefficient (Wildman–Crippen LogP) is 10.7. The first-order chi connectivity index (χ1) is 26.0. The summed E-state index contributed by atoms with van der Waals surface area (Å²) in [6, 6.07) is 0. The highest BCUT2D eigenvalue weighted by molar-refractivity contribution is 7.45. The van der Waals surface area contributed by atoms with Crippen molar-refractivity contribution in [2.24, 2.45) is 0 Å². The largest absolute Gasteiger partial charge is 0.756 e. The number of hydrogen-bond acceptors (Lipinski definition) is 10. The number of phosphoric acid groups is 1. The van der Waals surface area contributed by atoms with Crippen LogP contribution < -0.4 is 4.89 Å². The van der Waals surface area contributed by atoms with E-state index in [9.17, 15) is 14.3 Å². The second kappa shape index (κ2) is 34.4. The maximum atomic E-state index is 12.5. The van der Waals surface area contributed by atoms with Crippen molar-refractivity contribution in [3.63, 3.8) is 0 Å². The van der Waals surface area contributed by atoms with Gasteiger partial charge in [-0.2, -0.15) is 0 Å². The average Bonchev–Trinajstić information content (AvgIpc) is 3.58. The number of carbonyl (C=O) groups is 1. The van der Waals surface area contributed by atoms with Crippen molar-refractivity contribution in [2.45, 2.75) is 212 Å². The molecule has 0 aromatic carbocycles. The van der Waals surface area contributed by atoms with Crippen LogP contribution in [0.1, 0.15) is 194 Å². The van der Waals surface area contributed by atoms with E-state index in [0.717, 1.165) is 77.0 Å². The summed E-state index contributed by atoms with van der Waals surface area (Å²) in [7, 11) is 1.36. The molecule has 54 heavy (non-hydrogen) atoms. The Morgan fingerprint density at radius 2 is 1.06 bits per heavy atom. The zero-order valence-corrected chi connectivity index (χ0v) is 36.4. The first-order valence-electron chi connectivity index (χ1n) is 22.2. The fourth-order valence-corrected chi connectivity index (χ4v) is 7.09. The fourth-order valence-electron chi connectivity index (χ4n) is 6.36. The Labute approximate surface area is 331 Å². The van der Waals surface area contributed by atoms with E-state index in [1.54, 1.807) is 0 Å². The van der Waals surface area contributed by atoms with Gasteiger partial charge in [0.05, 0.1) is 27.7 Å². The van der Waals surface area contributed by atoms with Crippen LogP contribution in [-0.2, 0) is 42.4 Å². The van der Waals surface area contributed by atoms with Crippen molar-refractivity contribution in [3.05, 3.63) is 0 Å². The summed E-state index contributed by atoms with van der Waals surface area (Å²) < 4.78 is 40.5. The van der Waals surface area contributed by atoms with Gasteiger partial charge in [0.2, 0.25) is 0 Å². The molecule has 1 fully saturated rings. The second-order valence-corrected chi connectivity index (χ2v) is 17.8. The van der Waals surface area contributed by atoms with Gasteiger partial charge in [0.15, 0.2) is 12.6 Å². The molecule has 12 heteroatoms. The van der Waals surface area contributed by atoms with Gasteiger partial charge in [-0.25, -0.2) is 9.78 Å². The third-order valence-corrected chi connectivity index (χ3v) is 10.9. The zero-order valence-electron chi connectivity index (χ0n) is 35.5. The highest BCUT2D eigenvalue weighted by Gasteiger charge is 2.27. The van der Waals surface area contributed by atoms with Crippen molar-refractivity contribution < 1.29 is 51.8 Å². The molecule has 0 aromatic heterocycles. The molecule has 0 aromatic rings. The van der Waals surface area contributed by atoms with E-state index in [1.807, 2.05) is 21.1 Å². The lowest BCUT2D eigenvalue weighted by Gasteiger charge is -2.28. The Morgan fingerprint density at radius 3 is 1.54 bits per heavy atom. The lowest BCUT2D eigenvalue weighted by atomic mass is 10.0. The van der Waals surface area contributed by atoms with E-state index < -0.39 is 13.9 Å². The van der Waals surface area contributed by atoms with Crippen LogP contribution >= 0.6 is 7.82 Å². The lowest BCUT2D eigenvalue weighted by Crippen LogP contribution is -2.37. The number of quaternary nitrogens is 1. The number of hydrogen-bond donors (Lipinski definition) is 0. The molecule has 0 radical (unpaired) electrons. The number of phosphoric ester groups is 1. The number of esters is 1. The highest BCUT2D eigenvalue weighted by Crippen LogP contribution is 2.38. The molecule has 322 valence electrons. The topological polar surface area (TPSA) is 122 Å². The molecule has 1 rings (SSSR count). The Balaban J connectivity index is 2.23. The number of carbonyl (C=O) groups excluding carboxylic acids is 1. The van der Waals surface area contributed by atoms with Gasteiger partial charge in [0.25, 0.3) is 7.82 Å². The van der Waals surface area contributed by atoms with Crippen LogP contribution in [0.4, 0.5) is 0 Å². The maximum Gasteiger partial charge on any atom is 0.305 e. The Morgan fingerprint density at radius 1 is 0.611 bits per heavy atom. The van der Waals surface area contributed by atoms with Gasteiger partial charge in [-0.15, -0.1) is 0 Å². The predicted molar refractivity (Wildman–Crippen MR) is 215 cm³/mol. The lowest BCUT2D eigenvalue weighted by molar-refractivity contribution is -0.870. The molecule has 11 nitrogen and oxygen atoms in total. The van der Waals surface area contributed by atoms with E-state index in [4.69, 9.17) is 33.0 Å². The number of nitrogens with zero attached hydrogens (tertiary/aromatic N) is 1. The first kappa shape index (κ1) is 51.4. The summed E-state index contributed by atoms with van der Waals surface area (Å²) in [5, 5.41) is 0. The first-order valence-corrected chi connectivity index (χ1v) is 23.7. The molecular weight excluding hydrogens is 709 g/mol. The molecule has 0 saturated carbocycles. The molecule has 4 atom stereocenters. The van der Waals surface area contributed by atoms with Crippen LogP contribution in [0, 0.1) is 0 Å². The second-order valence-electron chi connectivity index (χ2n) is 16.4. The summed E-state index contributed by atoms with van der Waals surface area (Å²) in [6.07, 6.45) is 30.6. The normalized spacial score (nSPS) is 17.9. The van der Waals surface area contributed by atoms with E-state index in [0.29, 0.717) is 24.1 Å². The molecule has 0 N–H and O–H groups in total. The van der Waals surface area contributed by atoms with Crippen molar-refractivity contribution in [1.82, 2.24) is 0 Å². The monoisotopic (exact) mass is 794 g/mol. The molecular formula is C42H84NO10P. The van der Waals surface area contributed by atoms with E-state index >= 15 is 0 Å². The van der Waals surface area contributed by atoms with Gasteiger partial charge < -0.3 is 32.6 Å². The van der Waals surface area contributed by atoms with Crippen LogP contribution in [0.5, 0.6) is 0 Å². The Kier molecular flexibility index (Phi) is 32.8. The molecule has 0 bridgehead atoms. The van der Waals surface area contributed by atoms with Crippen LogP contribution in [0.25, 0.3) is 0 Å². The van der Waals surface area contributed by atoms with Crippen LogP contribution in [-0.4, -0.2) is 83.3 Å². The van der Waals surface area contributed by atoms with Crippen molar-refractivity contribution in [1.29, 1.82) is 0 Å². The summed E-state index contributed by atoms with van der Waals surface area (Å²) >= 11 is 0. The van der Waals surface area contributed by atoms with Crippen LogP contribution in [0.15, 0.2) is 0 Å². The molecule has 0 amide bonds. The van der Waals surface area contributed by atoms with Crippen LogP contribution in [0.3, 0.4) is 0 Å². The summed E-state index contributed by atoms with van der Waals surface area (Å²) in [5.74, 6) is -0.288. The molecule has 0 spiro atoms. The number of rotatable bonds is 40. The highest BCUT2D eigenvalue weighted by atomic mass is 31.2. The summed E-state index contributed by atoms with van der Waals surface area (Å²) in [6.45, 7) is 5.15. The van der Waals surface area contributed by atoms with Gasteiger partial charge in [0.1, 0.15) is 25.9 Å². The molecule has 3 unspecified atom stereocenters. The van der Waals surface area contributed by atoms with Gasteiger partial charge >= 0.3 is 5.97 Å². The van der Waals surface area contributed by atoms with Crippen molar-refractivity contribution in [2.75, 3.05) is 54.1 Å². The molecule has 1 heterocycles. The average molecular weight is 794 g/mol. The van der Waals surface area contributed by atoms with Crippen LogP contribution in [0.2, 0.25) is 0 Å². The van der Waals surface area contributed by atoms with E-state index in [1.165, 1.54) is 96.3 Å².